The molecule has 3 N–H and O–H groups in total. The van der Waals surface area contributed by atoms with Crippen LogP contribution in [0, 0.1) is 28.6 Å². The van der Waals surface area contributed by atoms with Crippen molar-refractivity contribution in [2.24, 2.45) is 28.6 Å². The minimum atomic E-state index is -0.321. The summed E-state index contributed by atoms with van der Waals surface area (Å²) in [5, 5.41) is 30.6. The van der Waals surface area contributed by atoms with Crippen LogP contribution in [-0.4, -0.2) is 34.1 Å². The van der Waals surface area contributed by atoms with Crippen molar-refractivity contribution in [3.63, 3.8) is 0 Å². The number of hydrogen-bond acceptors (Lipinski definition) is 3. The minimum Gasteiger partial charge on any atom is -0.393 e. The second-order valence-corrected chi connectivity index (χ2v) is 8.81. The first kappa shape index (κ1) is 16.5. The zero-order valence-corrected chi connectivity index (χ0v) is 14.3. The summed E-state index contributed by atoms with van der Waals surface area (Å²) in [5.74, 6) is 1.32. The van der Waals surface area contributed by atoms with Crippen molar-refractivity contribution < 1.29 is 15.3 Å². The van der Waals surface area contributed by atoms with Gasteiger partial charge in [0, 0.05) is 0 Å². The van der Waals surface area contributed by atoms with E-state index in [-0.39, 0.29) is 29.6 Å². The number of aliphatic hydroxyl groups is 3. The van der Waals surface area contributed by atoms with Gasteiger partial charge in [-0.1, -0.05) is 26.8 Å². The van der Waals surface area contributed by atoms with Gasteiger partial charge in [0.05, 0.1) is 18.8 Å². The molecule has 6 unspecified atom stereocenters. The molecular weight excluding hydrogens is 276 g/mol. The summed E-state index contributed by atoms with van der Waals surface area (Å²) in [6, 6.07) is 0. The summed E-state index contributed by atoms with van der Waals surface area (Å²) in [5.41, 5.74) is 1.14. The van der Waals surface area contributed by atoms with Gasteiger partial charge in [-0.25, -0.2) is 0 Å². The molecule has 2 fully saturated rings. The van der Waals surface area contributed by atoms with Crippen LogP contribution in [0.25, 0.3) is 0 Å². The lowest BCUT2D eigenvalue weighted by atomic mass is 9.45. The van der Waals surface area contributed by atoms with E-state index in [4.69, 9.17) is 0 Å². The Kier molecular flexibility index (Phi) is 4.20. The Balaban J connectivity index is 1.95. The highest BCUT2D eigenvalue weighted by Crippen LogP contribution is 2.63. The van der Waals surface area contributed by atoms with Crippen LogP contribution < -0.4 is 0 Å². The first-order valence-corrected chi connectivity index (χ1v) is 8.95. The van der Waals surface area contributed by atoms with Crippen molar-refractivity contribution in [3.05, 3.63) is 11.6 Å². The Labute approximate surface area is 134 Å². The molecule has 3 heteroatoms. The van der Waals surface area contributed by atoms with Gasteiger partial charge in [0.15, 0.2) is 0 Å². The van der Waals surface area contributed by atoms with Crippen LogP contribution in [0.1, 0.15) is 59.3 Å². The van der Waals surface area contributed by atoms with Crippen molar-refractivity contribution >= 4 is 0 Å². The molecule has 0 bridgehead atoms. The maximum Gasteiger partial charge on any atom is 0.0642 e. The van der Waals surface area contributed by atoms with E-state index in [1.807, 2.05) is 0 Å². The van der Waals surface area contributed by atoms with Gasteiger partial charge in [0.25, 0.3) is 0 Å². The smallest absolute Gasteiger partial charge is 0.0642 e. The topological polar surface area (TPSA) is 60.7 Å². The van der Waals surface area contributed by atoms with Crippen LogP contribution in [0.15, 0.2) is 11.6 Å². The van der Waals surface area contributed by atoms with E-state index in [9.17, 15) is 15.3 Å². The quantitative estimate of drug-likeness (QED) is 0.653. The fourth-order valence-corrected chi connectivity index (χ4v) is 6.10. The molecule has 0 aromatic heterocycles. The highest BCUT2D eigenvalue weighted by atomic mass is 16.3. The summed E-state index contributed by atoms with van der Waals surface area (Å²) in [7, 11) is 0. The summed E-state index contributed by atoms with van der Waals surface area (Å²) in [6.07, 6.45) is 7.33. The van der Waals surface area contributed by atoms with Crippen LogP contribution in [0.3, 0.4) is 0 Å². The largest absolute Gasteiger partial charge is 0.393 e. The maximum atomic E-state index is 10.7. The number of fused-ring (bicyclic) bond motifs is 3. The van der Waals surface area contributed by atoms with Crippen molar-refractivity contribution in [2.45, 2.75) is 71.5 Å². The number of hydrogen-bond donors (Lipinski definition) is 3. The van der Waals surface area contributed by atoms with Crippen LogP contribution in [-0.2, 0) is 0 Å². The van der Waals surface area contributed by atoms with Crippen molar-refractivity contribution in [3.8, 4) is 0 Å². The van der Waals surface area contributed by atoms with Gasteiger partial charge in [-0.15, -0.1) is 0 Å². The molecule has 6 atom stereocenters. The van der Waals surface area contributed by atoms with Crippen LogP contribution in [0.4, 0.5) is 0 Å². The fourth-order valence-electron chi connectivity index (χ4n) is 6.10. The third kappa shape index (κ3) is 2.37. The Hall–Kier alpha value is -0.380. The molecular formula is C19H32O3. The van der Waals surface area contributed by atoms with Crippen molar-refractivity contribution in [2.75, 3.05) is 6.61 Å². The van der Waals surface area contributed by atoms with Crippen molar-refractivity contribution in [1.82, 2.24) is 0 Å². The molecule has 0 aromatic carbocycles. The number of allylic oxidation sites excluding steroid dienone is 1. The second-order valence-electron chi connectivity index (χ2n) is 8.81. The maximum absolute atomic E-state index is 10.7. The molecule has 0 amide bonds. The van der Waals surface area contributed by atoms with Crippen LogP contribution in [0.2, 0.25) is 0 Å². The molecule has 3 nitrogen and oxygen atoms in total. The average molecular weight is 308 g/mol. The molecule has 0 heterocycles. The zero-order chi connectivity index (χ0) is 16.1. The lowest BCUT2D eigenvalue weighted by Crippen LogP contribution is -2.57. The SMILES string of the molecule is CC1(C)C(O)CCC2(C)C3CC=C(CO)CC(O)C3CCC12. The number of aliphatic hydroxyl groups excluding tert-OH is 3. The van der Waals surface area contributed by atoms with Gasteiger partial charge < -0.3 is 15.3 Å². The Bertz CT molecular complexity index is 456. The Morgan fingerprint density at radius 2 is 1.86 bits per heavy atom. The van der Waals surface area contributed by atoms with Gasteiger partial charge in [-0.05, 0) is 72.7 Å². The van der Waals surface area contributed by atoms with Gasteiger partial charge in [0.2, 0.25) is 0 Å². The summed E-state index contributed by atoms with van der Waals surface area (Å²) in [4.78, 5) is 0. The molecule has 0 radical (unpaired) electrons. The lowest BCUT2D eigenvalue weighted by molar-refractivity contribution is -0.160. The number of rotatable bonds is 1. The highest BCUT2D eigenvalue weighted by molar-refractivity contribution is 5.14. The summed E-state index contributed by atoms with van der Waals surface area (Å²) >= 11 is 0. The predicted octanol–water partition coefficient (Wildman–Crippen LogP) is 2.89. The van der Waals surface area contributed by atoms with E-state index in [2.05, 4.69) is 26.8 Å². The van der Waals surface area contributed by atoms with Crippen LogP contribution in [0.5, 0.6) is 0 Å². The third-order valence-corrected chi connectivity index (χ3v) is 7.49. The van der Waals surface area contributed by atoms with Gasteiger partial charge in [0.1, 0.15) is 0 Å². The van der Waals surface area contributed by atoms with Gasteiger partial charge in [-0.3, -0.25) is 0 Å². The van der Waals surface area contributed by atoms with E-state index in [1.165, 1.54) is 0 Å². The van der Waals surface area contributed by atoms with E-state index in [0.29, 0.717) is 24.2 Å². The predicted molar refractivity (Wildman–Crippen MR) is 87.2 cm³/mol. The molecule has 0 aromatic rings. The molecule has 3 rings (SSSR count). The second kappa shape index (κ2) is 5.61. The fraction of sp³-hybridized carbons (Fsp3) is 0.895. The Morgan fingerprint density at radius 3 is 2.55 bits per heavy atom. The van der Waals surface area contributed by atoms with Gasteiger partial charge >= 0.3 is 0 Å². The zero-order valence-electron chi connectivity index (χ0n) is 14.3. The molecule has 126 valence electrons. The van der Waals surface area contributed by atoms with Crippen LogP contribution >= 0.6 is 0 Å². The summed E-state index contributed by atoms with van der Waals surface area (Å²) in [6.45, 7) is 6.91. The normalized spacial score (nSPS) is 47.9. The average Bonchev–Trinajstić information content (AvgIpc) is 2.63. The third-order valence-electron chi connectivity index (χ3n) is 7.49. The molecule has 0 spiro atoms. The van der Waals surface area contributed by atoms with Gasteiger partial charge in [-0.2, -0.15) is 0 Å². The lowest BCUT2D eigenvalue weighted by Gasteiger charge is -2.61. The van der Waals surface area contributed by atoms with E-state index in [1.54, 1.807) is 0 Å². The molecule has 0 aliphatic heterocycles. The van der Waals surface area contributed by atoms with E-state index >= 15 is 0 Å². The molecule has 22 heavy (non-hydrogen) atoms. The first-order valence-electron chi connectivity index (χ1n) is 8.95. The molecule has 3 aliphatic rings. The monoisotopic (exact) mass is 308 g/mol. The molecule has 3 aliphatic carbocycles. The summed E-state index contributed by atoms with van der Waals surface area (Å²) < 4.78 is 0. The standard InChI is InChI=1S/C19H32O3/c1-18(2)16-7-5-13-14(19(16,3)9-8-17(18)22)6-4-12(11-20)10-15(13)21/h4,13-17,20-22H,5-11H2,1-3H3. The molecule has 2 saturated carbocycles. The minimum absolute atomic E-state index is 0.0429. The molecule has 0 saturated heterocycles. The van der Waals surface area contributed by atoms with E-state index < -0.39 is 0 Å². The van der Waals surface area contributed by atoms with Crippen molar-refractivity contribution in [1.29, 1.82) is 0 Å². The first-order chi connectivity index (χ1) is 10.3. The highest BCUT2D eigenvalue weighted by Gasteiger charge is 2.58. The Morgan fingerprint density at radius 1 is 1.14 bits per heavy atom. The van der Waals surface area contributed by atoms with E-state index in [0.717, 1.165) is 37.7 Å².